The van der Waals surface area contributed by atoms with Crippen LogP contribution >= 0.6 is 0 Å². The molecule has 0 spiro atoms. The molecule has 4 nitrogen and oxygen atoms in total. The van der Waals surface area contributed by atoms with Gasteiger partial charge in [0.05, 0.1) is 12.2 Å². The highest BCUT2D eigenvalue weighted by Gasteiger charge is 2.18. The van der Waals surface area contributed by atoms with Gasteiger partial charge in [0.1, 0.15) is 0 Å². The summed E-state index contributed by atoms with van der Waals surface area (Å²) in [6.45, 7) is 4.74. The molecule has 1 rings (SSSR count). The minimum absolute atomic E-state index is 0.398. The van der Waals surface area contributed by atoms with Gasteiger partial charge < -0.3 is 15.8 Å². The first-order chi connectivity index (χ1) is 7.49. The molecule has 88 valence electrons. The molecule has 0 aliphatic rings. The Morgan fingerprint density at radius 1 is 1.38 bits per heavy atom. The lowest BCUT2D eigenvalue weighted by molar-refractivity contribution is -0.0260. The van der Waals surface area contributed by atoms with Crippen molar-refractivity contribution < 1.29 is 9.53 Å². The maximum atomic E-state index is 10.6. The Hall–Kier alpha value is -1.55. The van der Waals surface area contributed by atoms with Gasteiger partial charge in [-0.05, 0) is 19.4 Å². The number of ether oxygens (including phenoxy) is 1. The van der Waals surface area contributed by atoms with Crippen molar-refractivity contribution in [2.24, 2.45) is 5.73 Å². The number of nitrogens with one attached hydrogen (secondary N) is 1. The summed E-state index contributed by atoms with van der Waals surface area (Å²) in [6.07, 6.45) is 0. The Morgan fingerprint density at radius 3 is 2.56 bits per heavy atom. The fourth-order valence-corrected chi connectivity index (χ4v) is 1.20. The molecule has 16 heavy (non-hydrogen) atoms. The Bertz CT molecular complexity index is 336. The first-order valence-corrected chi connectivity index (χ1v) is 5.21. The van der Waals surface area contributed by atoms with Crippen LogP contribution in [-0.4, -0.2) is 18.2 Å². The molecule has 0 heterocycles. The topological polar surface area (TPSA) is 64.3 Å². The quantitative estimate of drug-likeness (QED) is 0.795. The third-order valence-corrected chi connectivity index (χ3v) is 2.16. The van der Waals surface area contributed by atoms with Gasteiger partial charge in [0.2, 0.25) is 0 Å². The number of amides is 2. The van der Waals surface area contributed by atoms with Crippen molar-refractivity contribution in [2.45, 2.75) is 26.1 Å². The molecular formula is C12H18N2O2. The summed E-state index contributed by atoms with van der Waals surface area (Å²) in [5, 5.41) is 2.54. The van der Waals surface area contributed by atoms with E-state index in [1.807, 2.05) is 44.2 Å². The van der Waals surface area contributed by atoms with Crippen molar-refractivity contribution in [3.05, 3.63) is 35.9 Å². The SMILES string of the molecule is CC(C)(CNC(N)=O)OCc1ccccc1. The van der Waals surface area contributed by atoms with Gasteiger partial charge in [-0.2, -0.15) is 0 Å². The standard InChI is InChI=1S/C12H18N2O2/c1-12(2,9-14-11(13)15)16-8-10-6-4-3-5-7-10/h3-7H,8-9H2,1-2H3,(H3,13,14,15). The van der Waals surface area contributed by atoms with Crippen LogP contribution in [-0.2, 0) is 11.3 Å². The summed E-state index contributed by atoms with van der Waals surface area (Å²) in [5.41, 5.74) is 5.68. The lowest BCUT2D eigenvalue weighted by Crippen LogP contribution is -2.42. The van der Waals surface area contributed by atoms with Crippen molar-refractivity contribution in [3.63, 3.8) is 0 Å². The molecule has 0 aliphatic carbocycles. The van der Waals surface area contributed by atoms with E-state index in [1.54, 1.807) is 0 Å². The van der Waals surface area contributed by atoms with Gasteiger partial charge in [0.15, 0.2) is 0 Å². The summed E-state index contributed by atoms with van der Waals surface area (Å²) < 4.78 is 5.70. The number of hydrogen-bond donors (Lipinski definition) is 2. The lowest BCUT2D eigenvalue weighted by Gasteiger charge is -2.25. The van der Waals surface area contributed by atoms with E-state index < -0.39 is 11.6 Å². The zero-order valence-electron chi connectivity index (χ0n) is 9.69. The number of carbonyl (C=O) groups is 1. The van der Waals surface area contributed by atoms with Gasteiger partial charge in [0, 0.05) is 6.54 Å². The van der Waals surface area contributed by atoms with Gasteiger partial charge in [-0.15, -0.1) is 0 Å². The molecule has 3 N–H and O–H groups in total. The fourth-order valence-electron chi connectivity index (χ4n) is 1.20. The van der Waals surface area contributed by atoms with Crippen molar-refractivity contribution in [1.29, 1.82) is 0 Å². The Morgan fingerprint density at radius 2 is 2.00 bits per heavy atom. The second kappa shape index (κ2) is 5.51. The van der Waals surface area contributed by atoms with Crippen LogP contribution in [0.15, 0.2) is 30.3 Å². The highest BCUT2D eigenvalue weighted by atomic mass is 16.5. The van der Waals surface area contributed by atoms with Gasteiger partial charge in [-0.3, -0.25) is 0 Å². The van der Waals surface area contributed by atoms with E-state index >= 15 is 0 Å². The van der Waals surface area contributed by atoms with Crippen LogP contribution in [0.2, 0.25) is 0 Å². The molecule has 0 aliphatic heterocycles. The highest BCUT2D eigenvalue weighted by molar-refractivity contribution is 5.71. The van der Waals surface area contributed by atoms with Gasteiger partial charge >= 0.3 is 6.03 Å². The van der Waals surface area contributed by atoms with E-state index in [9.17, 15) is 4.79 Å². The van der Waals surface area contributed by atoms with E-state index in [4.69, 9.17) is 10.5 Å². The van der Waals surface area contributed by atoms with Crippen LogP contribution in [0.25, 0.3) is 0 Å². The number of primary amides is 1. The zero-order chi connectivity index (χ0) is 12.0. The molecule has 0 bridgehead atoms. The molecule has 0 radical (unpaired) electrons. The zero-order valence-corrected chi connectivity index (χ0v) is 9.69. The summed E-state index contributed by atoms with van der Waals surface area (Å²) in [4.78, 5) is 10.6. The molecule has 2 amide bonds. The first-order valence-electron chi connectivity index (χ1n) is 5.21. The molecule has 0 fully saturated rings. The van der Waals surface area contributed by atoms with Crippen molar-refractivity contribution >= 4 is 6.03 Å². The third-order valence-electron chi connectivity index (χ3n) is 2.16. The van der Waals surface area contributed by atoms with Gasteiger partial charge in [-0.1, -0.05) is 30.3 Å². The molecule has 0 unspecified atom stereocenters. The smallest absolute Gasteiger partial charge is 0.312 e. The molecule has 1 aromatic carbocycles. The van der Waals surface area contributed by atoms with E-state index in [0.29, 0.717) is 13.2 Å². The lowest BCUT2D eigenvalue weighted by atomic mass is 10.1. The average Bonchev–Trinajstić information content (AvgIpc) is 2.26. The molecule has 4 heteroatoms. The Balaban J connectivity index is 2.38. The van der Waals surface area contributed by atoms with Crippen molar-refractivity contribution in [1.82, 2.24) is 5.32 Å². The van der Waals surface area contributed by atoms with Gasteiger partial charge in [0.25, 0.3) is 0 Å². The fraction of sp³-hybridized carbons (Fsp3) is 0.417. The van der Waals surface area contributed by atoms with Crippen molar-refractivity contribution in [2.75, 3.05) is 6.54 Å². The van der Waals surface area contributed by atoms with Gasteiger partial charge in [-0.25, -0.2) is 4.79 Å². The minimum Gasteiger partial charge on any atom is -0.369 e. The number of benzene rings is 1. The van der Waals surface area contributed by atoms with E-state index in [-0.39, 0.29) is 0 Å². The van der Waals surface area contributed by atoms with Crippen LogP contribution in [0, 0.1) is 0 Å². The van der Waals surface area contributed by atoms with Crippen LogP contribution in [0.4, 0.5) is 4.79 Å². The van der Waals surface area contributed by atoms with E-state index in [1.165, 1.54) is 0 Å². The monoisotopic (exact) mass is 222 g/mol. The molecule has 0 saturated heterocycles. The number of rotatable bonds is 5. The van der Waals surface area contributed by atoms with Crippen LogP contribution in [0.1, 0.15) is 19.4 Å². The highest BCUT2D eigenvalue weighted by Crippen LogP contribution is 2.11. The van der Waals surface area contributed by atoms with Crippen LogP contribution in [0.3, 0.4) is 0 Å². The predicted octanol–water partition coefficient (Wildman–Crippen LogP) is 1.65. The average molecular weight is 222 g/mol. The number of urea groups is 1. The normalized spacial score (nSPS) is 11.1. The third kappa shape index (κ3) is 4.79. The number of hydrogen-bond acceptors (Lipinski definition) is 2. The number of carbonyl (C=O) groups excluding carboxylic acids is 1. The first kappa shape index (κ1) is 12.5. The van der Waals surface area contributed by atoms with Crippen LogP contribution < -0.4 is 11.1 Å². The predicted molar refractivity (Wildman–Crippen MR) is 62.9 cm³/mol. The summed E-state index contributed by atoms with van der Waals surface area (Å²) in [7, 11) is 0. The second-order valence-corrected chi connectivity index (χ2v) is 4.25. The molecule has 0 atom stereocenters. The molecule has 0 saturated carbocycles. The van der Waals surface area contributed by atoms with E-state index in [0.717, 1.165) is 5.56 Å². The number of nitrogens with two attached hydrogens (primary N) is 1. The Labute approximate surface area is 95.8 Å². The summed E-state index contributed by atoms with van der Waals surface area (Å²) >= 11 is 0. The molecule has 1 aromatic rings. The Kier molecular flexibility index (Phi) is 4.31. The maximum Gasteiger partial charge on any atom is 0.312 e. The summed E-state index contributed by atoms with van der Waals surface area (Å²) in [5.74, 6) is 0. The van der Waals surface area contributed by atoms with Crippen molar-refractivity contribution in [3.8, 4) is 0 Å². The summed E-state index contributed by atoms with van der Waals surface area (Å²) in [6, 6.07) is 9.36. The van der Waals surface area contributed by atoms with E-state index in [2.05, 4.69) is 5.32 Å². The van der Waals surface area contributed by atoms with Crippen LogP contribution in [0.5, 0.6) is 0 Å². The molecule has 0 aromatic heterocycles. The second-order valence-electron chi connectivity index (χ2n) is 4.25. The molecular weight excluding hydrogens is 204 g/mol. The minimum atomic E-state index is -0.531. The largest absolute Gasteiger partial charge is 0.369 e. The maximum absolute atomic E-state index is 10.6.